The summed E-state index contributed by atoms with van der Waals surface area (Å²) < 4.78 is 18.9. The molecule has 1 aromatic rings. The number of fused-ring (bicyclic) bond motifs is 1. The van der Waals surface area contributed by atoms with E-state index in [-0.39, 0.29) is 11.9 Å². The highest BCUT2D eigenvalue weighted by Gasteiger charge is 2.27. The minimum atomic E-state index is -0.162. The second kappa shape index (κ2) is 4.06. The smallest absolute Gasteiger partial charge is 0.123 e. The van der Waals surface area contributed by atoms with Crippen LogP contribution in [-0.4, -0.2) is 19.2 Å². The first-order chi connectivity index (χ1) is 7.81. The van der Waals surface area contributed by atoms with E-state index in [0.29, 0.717) is 0 Å². The Kier molecular flexibility index (Phi) is 2.56. The van der Waals surface area contributed by atoms with Gasteiger partial charge in [-0.2, -0.15) is 0 Å². The van der Waals surface area contributed by atoms with Crippen molar-refractivity contribution >= 4 is 0 Å². The molecule has 3 rings (SSSR count). The summed E-state index contributed by atoms with van der Waals surface area (Å²) in [4.78, 5) is 0. The maximum atomic E-state index is 13.0. The lowest BCUT2D eigenvalue weighted by Crippen LogP contribution is -2.19. The molecule has 0 aliphatic carbocycles. The van der Waals surface area contributed by atoms with E-state index in [0.717, 1.165) is 43.2 Å². The van der Waals surface area contributed by atoms with E-state index in [1.54, 1.807) is 12.1 Å². The molecule has 86 valence electrons. The van der Waals surface area contributed by atoms with Crippen LogP contribution in [0.1, 0.15) is 18.4 Å². The van der Waals surface area contributed by atoms with Gasteiger partial charge in [-0.1, -0.05) is 0 Å². The Labute approximate surface area is 94.8 Å². The van der Waals surface area contributed by atoms with Crippen molar-refractivity contribution in [2.24, 2.45) is 5.92 Å². The number of ether oxygens (including phenoxy) is 1. The van der Waals surface area contributed by atoms with Crippen molar-refractivity contribution in [2.45, 2.75) is 25.4 Å². The number of rotatable bonds is 2. The van der Waals surface area contributed by atoms with E-state index in [4.69, 9.17) is 4.74 Å². The highest BCUT2D eigenvalue weighted by molar-refractivity contribution is 5.37. The standard InChI is InChI=1S/C13H16FNO/c14-11-1-2-13-10(6-11)7-12(16-13)5-9-3-4-15-8-9/h1-2,6,9,12,15H,3-5,7-8H2. The summed E-state index contributed by atoms with van der Waals surface area (Å²) in [6.45, 7) is 2.23. The van der Waals surface area contributed by atoms with Crippen LogP contribution in [0.5, 0.6) is 5.75 Å². The highest BCUT2D eigenvalue weighted by atomic mass is 19.1. The molecule has 2 aliphatic heterocycles. The normalized spacial score (nSPS) is 27.8. The molecular weight excluding hydrogens is 205 g/mol. The van der Waals surface area contributed by atoms with Crippen molar-refractivity contribution < 1.29 is 9.13 Å². The summed E-state index contributed by atoms with van der Waals surface area (Å²) in [5.41, 5.74) is 1.02. The lowest BCUT2D eigenvalue weighted by Gasteiger charge is -2.14. The van der Waals surface area contributed by atoms with Crippen molar-refractivity contribution in [3.63, 3.8) is 0 Å². The Morgan fingerprint density at radius 1 is 1.44 bits per heavy atom. The van der Waals surface area contributed by atoms with E-state index in [1.807, 2.05) is 0 Å². The molecule has 3 heteroatoms. The summed E-state index contributed by atoms with van der Waals surface area (Å²) in [6, 6.07) is 4.82. The largest absolute Gasteiger partial charge is 0.490 e. The molecule has 2 aliphatic rings. The van der Waals surface area contributed by atoms with Crippen LogP contribution < -0.4 is 10.1 Å². The number of halogens is 1. The van der Waals surface area contributed by atoms with Crippen LogP contribution in [0, 0.1) is 11.7 Å². The van der Waals surface area contributed by atoms with Gasteiger partial charge in [0.2, 0.25) is 0 Å². The van der Waals surface area contributed by atoms with Crippen molar-refractivity contribution in [3.8, 4) is 5.75 Å². The van der Waals surface area contributed by atoms with Gasteiger partial charge in [0.25, 0.3) is 0 Å². The van der Waals surface area contributed by atoms with Crippen LogP contribution in [-0.2, 0) is 6.42 Å². The molecule has 1 N–H and O–H groups in total. The topological polar surface area (TPSA) is 21.3 Å². The third kappa shape index (κ3) is 1.92. The van der Waals surface area contributed by atoms with Crippen LogP contribution in [0.2, 0.25) is 0 Å². The molecule has 1 aromatic carbocycles. The zero-order valence-electron chi connectivity index (χ0n) is 9.21. The Bertz CT molecular complexity index is 388. The van der Waals surface area contributed by atoms with E-state index in [1.165, 1.54) is 12.5 Å². The number of hydrogen-bond acceptors (Lipinski definition) is 2. The van der Waals surface area contributed by atoms with Crippen molar-refractivity contribution in [2.75, 3.05) is 13.1 Å². The second-order valence-electron chi connectivity index (χ2n) is 4.79. The van der Waals surface area contributed by atoms with Gasteiger partial charge in [-0.3, -0.25) is 0 Å². The van der Waals surface area contributed by atoms with Gasteiger partial charge >= 0.3 is 0 Å². The molecule has 2 atom stereocenters. The van der Waals surface area contributed by atoms with Crippen LogP contribution in [0.3, 0.4) is 0 Å². The molecular formula is C13H16FNO. The lowest BCUT2D eigenvalue weighted by atomic mass is 9.98. The third-order valence-corrected chi connectivity index (χ3v) is 3.52. The van der Waals surface area contributed by atoms with Crippen molar-refractivity contribution in [1.82, 2.24) is 5.32 Å². The minimum Gasteiger partial charge on any atom is -0.490 e. The average molecular weight is 221 g/mol. The molecule has 0 saturated carbocycles. The monoisotopic (exact) mass is 221 g/mol. The van der Waals surface area contributed by atoms with E-state index in [9.17, 15) is 4.39 Å². The Balaban J connectivity index is 1.65. The van der Waals surface area contributed by atoms with Crippen molar-refractivity contribution in [1.29, 1.82) is 0 Å². The fourth-order valence-corrected chi connectivity index (χ4v) is 2.71. The summed E-state index contributed by atoms with van der Waals surface area (Å²) >= 11 is 0. The maximum absolute atomic E-state index is 13.0. The minimum absolute atomic E-state index is 0.162. The van der Waals surface area contributed by atoms with Gasteiger partial charge in [-0.15, -0.1) is 0 Å². The summed E-state index contributed by atoms with van der Waals surface area (Å²) in [5.74, 6) is 1.44. The number of hydrogen-bond donors (Lipinski definition) is 1. The Morgan fingerprint density at radius 2 is 2.38 bits per heavy atom. The van der Waals surface area contributed by atoms with E-state index >= 15 is 0 Å². The molecule has 16 heavy (non-hydrogen) atoms. The first-order valence-electron chi connectivity index (χ1n) is 5.97. The quantitative estimate of drug-likeness (QED) is 0.826. The molecule has 0 spiro atoms. The van der Waals surface area contributed by atoms with Crippen LogP contribution in [0.25, 0.3) is 0 Å². The summed E-state index contributed by atoms with van der Waals surface area (Å²) in [7, 11) is 0. The highest BCUT2D eigenvalue weighted by Crippen LogP contribution is 2.32. The summed E-state index contributed by atoms with van der Waals surface area (Å²) in [5, 5.41) is 3.36. The van der Waals surface area contributed by atoms with Gasteiger partial charge in [0.15, 0.2) is 0 Å². The molecule has 0 radical (unpaired) electrons. The fraction of sp³-hybridized carbons (Fsp3) is 0.538. The first kappa shape index (κ1) is 10.1. The van der Waals surface area contributed by atoms with Crippen molar-refractivity contribution in [3.05, 3.63) is 29.6 Å². The molecule has 0 aromatic heterocycles. The SMILES string of the molecule is Fc1ccc2c(c1)CC(CC1CCNC1)O2. The number of nitrogens with one attached hydrogen (secondary N) is 1. The van der Waals surface area contributed by atoms with E-state index < -0.39 is 0 Å². The molecule has 2 unspecified atom stereocenters. The molecule has 2 nitrogen and oxygen atoms in total. The van der Waals surface area contributed by atoms with Gasteiger partial charge in [0.1, 0.15) is 17.7 Å². The Hall–Kier alpha value is -1.09. The molecule has 0 amide bonds. The van der Waals surface area contributed by atoms with Crippen LogP contribution >= 0.6 is 0 Å². The van der Waals surface area contributed by atoms with Gasteiger partial charge < -0.3 is 10.1 Å². The molecule has 0 bridgehead atoms. The number of benzene rings is 1. The maximum Gasteiger partial charge on any atom is 0.123 e. The van der Waals surface area contributed by atoms with Gasteiger partial charge in [0, 0.05) is 12.0 Å². The Morgan fingerprint density at radius 3 is 3.19 bits per heavy atom. The average Bonchev–Trinajstić information content (AvgIpc) is 2.86. The molecule has 1 saturated heterocycles. The van der Waals surface area contributed by atoms with Gasteiger partial charge in [0.05, 0.1) is 0 Å². The van der Waals surface area contributed by atoms with Crippen LogP contribution in [0.15, 0.2) is 18.2 Å². The lowest BCUT2D eigenvalue weighted by molar-refractivity contribution is 0.198. The zero-order valence-corrected chi connectivity index (χ0v) is 9.21. The van der Waals surface area contributed by atoms with E-state index in [2.05, 4.69) is 5.32 Å². The predicted octanol–water partition coefficient (Wildman–Crippen LogP) is 2.13. The van der Waals surface area contributed by atoms with Gasteiger partial charge in [-0.05, 0) is 50.0 Å². The predicted molar refractivity (Wildman–Crippen MR) is 60.1 cm³/mol. The molecule has 2 heterocycles. The first-order valence-corrected chi connectivity index (χ1v) is 5.97. The van der Waals surface area contributed by atoms with Gasteiger partial charge in [-0.25, -0.2) is 4.39 Å². The second-order valence-corrected chi connectivity index (χ2v) is 4.79. The third-order valence-electron chi connectivity index (χ3n) is 3.52. The zero-order chi connectivity index (χ0) is 11.0. The summed E-state index contributed by atoms with van der Waals surface area (Å²) in [6.07, 6.45) is 3.44. The fourth-order valence-electron chi connectivity index (χ4n) is 2.71. The molecule has 1 fully saturated rings. The van der Waals surface area contributed by atoms with Crippen LogP contribution in [0.4, 0.5) is 4.39 Å².